The van der Waals surface area contributed by atoms with Crippen LogP contribution in [0.1, 0.15) is 25.3 Å². The second-order valence-corrected chi connectivity index (χ2v) is 6.60. The summed E-state index contributed by atoms with van der Waals surface area (Å²) in [5, 5.41) is 3.33. The molecule has 1 saturated carbocycles. The van der Waals surface area contributed by atoms with Gasteiger partial charge in [-0.25, -0.2) is 4.99 Å². The van der Waals surface area contributed by atoms with Gasteiger partial charge >= 0.3 is 0 Å². The van der Waals surface area contributed by atoms with Gasteiger partial charge in [-0.3, -0.25) is 0 Å². The fraction of sp³-hybridized carbons (Fsp3) is 0.650. The minimum absolute atomic E-state index is 0.471. The molecule has 0 unspecified atom stereocenters. The minimum Gasteiger partial charge on any atom is -0.493 e. The van der Waals surface area contributed by atoms with Gasteiger partial charge < -0.3 is 29.2 Å². The smallest absolute Gasteiger partial charge is 0.203 e. The van der Waals surface area contributed by atoms with E-state index in [2.05, 4.69) is 17.1 Å². The lowest BCUT2D eigenvalue weighted by molar-refractivity contribution is 0.115. The second kappa shape index (κ2) is 10.9. The predicted molar refractivity (Wildman–Crippen MR) is 107 cm³/mol. The number of hydrogen-bond acceptors (Lipinski definition) is 5. The van der Waals surface area contributed by atoms with Gasteiger partial charge in [-0.1, -0.05) is 0 Å². The van der Waals surface area contributed by atoms with Gasteiger partial charge in [-0.15, -0.1) is 0 Å². The van der Waals surface area contributed by atoms with Crippen molar-refractivity contribution in [1.82, 2.24) is 10.2 Å². The quantitative estimate of drug-likeness (QED) is 0.362. The number of ether oxygens (including phenoxy) is 4. The van der Waals surface area contributed by atoms with Crippen molar-refractivity contribution < 1.29 is 18.9 Å². The van der Waals surface area contributed by atoms with E-state index >= 15 is 0 Å². The largest absolute Gasteiger partial charge is 0.493 e. The highest BCUT2D eigenvalue weighted by atomic mass is 16.5. The van der Waals surface area contributed by atoms with Gasteiger partial charge in [0.2, 0.25) is 5.75 Å². The third kappa shape index (κ3) is 6.20. The minimum atomic E-state index is 0.471. The maximum atomic E-state index is 5.74. The normalized spacial score (nSPS) is 14.0. The van der Waals surface area contributed by atoms with Crippen LogP contribution in [0, 0.1) is 5.92 Å². The average molecular weight is 380 g/mol. The van der Waals surface area contributed by atoms with Gasteiger partial charge in [0, 0.05) is 32.3 Å². The van der Waals surface area contributed by atoms with Crippen LogP contribution in [-0.4, -0.2) is 65.5 Å². The molecule has 2 rings (SSSR count). The molecule has 0 heterocycles. The number of benzene rings is 1. The van der Waals surface area contributed by atoms with Crippen molar-refractivity contribution in [1.29, 1.82) is 0 Å². The molecule has 1 fully saturated rings. The Morgan fingerprint density at radius 1 is 1.15 bits per heavy atom. The van der Waals surface area contributed by atoms with Crippen LogP contribution in [-0.2, 0) is 11.3 Å². The van der Waals surface area contributed by atoms with E-state index in [-0.39, 0.29) is 0 Å². The number of nitrogens with one attached hydrogen (secondary N) is 1. The number of hydrogen-bond donors (Lipinski definition) is 1. The Labute approximate surface area is 162 Å². The molecule has 1 aliphatic rings. The molecule has 0 bridgehead atoms. The number of likely N-dealkylation sites (N-methyl/N-ethyl adjacent to an activating group) is 1. The summed E-state index contributed by atoms with van der Waals surface area (Å²) in [5.41, 5.74) is 0.934. The van der Waals surface area contributed by atoms with Gasteiger partial charge in [-0.2, -0.15) is 0 Å². The maximum absolute atomic E-state index is 5.74. The van der Waals surface area contributed by atoms with Gasteiger partial charge in [0.05, 0.1) is 34.5 Å². The number of methoxy groups -OCH3 is 3. The van der Waals surface area contributed by atoms with Crippen molar-refractivity contribution in [2.75, 3.05) is 54.7 Å². The highest BCUT2D eigenvalue weighted by Gasteiger charge is 2.21. The summed E-state index contributed by atoms with van der Waals surface area (Å²) in [6.07, 6.45) is 2.63. The van der Waals surface area contributed by atoms with E-state index in [0.717, 1.165) is 37.1 Å². The summed E-state index contributed by atoms with van der Waals surface area (Å²) in [4.78, 5) is 6.84. The Kier molecular flexibility index (Phi) is 8.51. The van der Waals surface area contributed by atoms with Crippen LogP contribution in [0.4, 0.5) is 0 Å². The Bertz CT molecular complexity index is 617. The SMILES string of the molecule is CCNC(=NCc1ccc(OC)c(OC)c1OC)N(C)CCOCC1CC1. The molecule has 27 heavy (non-hydrogen) atoms. The van der Waals surface area contributed by atoms with E-state index in [9.17, 15) is 0 Å². The van der Waals surface area contributed by atoms with Crippen molar-refractivity contribution >= 4 is 5.96 Å². The first-order chi connectivity index (χ1) is 13.1. The number of nitrogens with zero attached hydrogens (tertiary/aromatic N) is 2. The number of aliphatic imine (C=N–C) groups is 1. The molecule has 1 aromatic rings. The first-order valence-corrected chi connectivity index (χ1v) is 9.49. The van der Waals surface area contributed by atoms with Crippen LogP contribution >= 0.6 is 0 Å². The fourth-order valence-corrected chi connectivity index (χ4v) is 2.76. The van der Waals surface area contributed by atoms with Gasteiger partial charge in [0.1, 0.15) is 0 Å². The summed E-state index contributed by atoms with van der Waals surface area (Å²) >= 11 is 0. The lowest BCUT2D eigenvalue weighted by atomic mass is 10.1. The van der Waals surface area contributed by atoms with Crippen molar-refractivity contribution in [3.8, 4) is 17.2 Å². The molecule has 7 nitrogen and oxygen atoms in total. The van der Waals surface area contributed by atoms with E-state index in [4.69, 9.17) is 23.9 Å². The zero-order valence-corrected chi connectivity index (χ0v) is 17.2. The molecular formula is C20H33N3O4. The summed E-state index contributed by atoms with van der Waals surface area (Å²) < 4.78 is 22.1. The van der Waals surface area contributed by atoms with Crippen LogP contribution in [0.3, 0.4) is 0 Å². The zero-order valence-electron chi connectivity index (χ0n) is 17.2. The number of rotatable bonds is 11. The Balaban J connectivity index is 2.03. The molecule has 1 aliphatic carbocycles. The number of guanidine groups is 1. The zero-order chi connectivity index (χ0) is 19.6. The van der Waals surface area contributed by atoms with Crippen LogP contribution < -0.4 is 19.5 Å². The van der Waals surface area contributed by atoms with Gasteiger partial charge in [-0.05, 0) is 37.8 Å². The summed E-state index contributed by atoms with van der Waals surface area (Å²) in [7, 11) is 6.86. The first-order valence-electron chi connectivity index (χ1n) is 9.49. The molecule has 0 atom stereocenters. The molecule has 0 spiro atoms. The van der Waals surface area contributed by atoms with Crippen LogP contribution in [0.25, 0.3) is 0 Å². The van der Waals surface area contributed by atoms with Gasteiger partial charge in [0.25, 0.3) is 0 Å². The molecule has 1 N–H and O–H groups in total. The summed E-state index contributed by atoms with van der Waals surface area (Å²) in [5.74, 6) is 3.49. The van der Waals surface area contributed by atoms with E-state index in [1.54, 1.807) is 21.3 Å². The third-order valence-corrected chi connectivity index (χ3v) is 4.50. The molecule has 1 aromatic carbocycles. The maximum Gasteiger partial charge on any atom is 0.203 e. The van der Waals surface area contributed by atoms with E-state index in [1.807, 2.05) is 19.2 Å². The lowest BCUT2D eigenvalue weighted by Gasteiger charge is -2.22. The second-order valence-electron chi connectivity index (χ2n) is 6.60. The molecule has 0 amide bonds. The molecule has 0 radical (unpaired) electrons. The topological polar surface area (TPSA) is 64.6 Å². The summed E-state index contributed by atoms with van der Waals surface area (Å²) in [6, 6.07) is 3.82. The standard InChI is InChI=1S/C20H33N3O4/c1-6-21-20(23(2)11-12-27-14-15-7-8-15)22-13-16-9-10-17(24-3)19(26-5)18(16)25-4/h9-10,15H,6-8,11-14H2,1-5H3,(H,21,22). The molecule has 0 aromatic heterocycles. The van der Waals surface area contributed by atoms with E-state index in [0.29, 0.717) is 30.4 Å². The molecular weight excluding hydrogens is 346 g/mol. The average Bonchev–Trinajstić information content (AvgIpc) is 3.51. The third-order valence-electron chi connectivity index (χ3n) is 4.50. The first kappa shape index (κ1) is 21.2. The Morgan fingerprint density at radius 2 is 1.89 bits per heavy atom. The molecule has 0 aliphatic heterocycles. The van der Waals surface area contributed by atoms with Crippen molar-refractivity contribution in [3.63, 3.8) is 0 Å². The predicted octanol–water partition coefficient (Wildman–Crippen LogP) is 2.54. The summed E-state index contributed by atoms with van der Waals surface area (Å²) in [6.45, 7) is 5.71. The lowest BCUT2D eigenvalue weighted by Crippen LogP contribution is -2.40. The van der Waals surface area contributed by atoms with Crippen molar-refractivity contribution in [3.05, 3.63) is 17.7 Å². The highest BCUT2D eigenvalue weighted by molar-refractivity contribution is 5.79. The van der Waals surface area contributed by atoms with Crippen molar-refractivity contribution in [2.45, 2.75) is 26.3 Å². The highest BCUT2D eigenvalue weighted by Crippen LogP contribution is 2.39. The Morgan fingerprint density at radius 3 is 2.48 bits per heavy atom. The van der Waals surface area contributed by atoms with E-state index < -0.39 is 0 Å². The van der Waals surface area contributed by atoms with Gasteiger partial charge in [0.15, 0.2) is 17.5 Å². The monoisotopic (exact) mass is 379 g/mol. The fourth-order valence-electron chi connectivity index (χ4n) is 2.76. The molecule has 0 saturated heterocycles. The molecule has 152 valence electrons. The van der Waals surface area contributed by atoms with Crippen molar-refractivity contribution in [2.24, 2.45) is 10.9 Å². The van der Waals surface area contributed by atoms with Crippen LogP contribution in [0.15, 0.2) is 17.1 Å². The van der Waals surface area contributed by atoms with E-state index in [1.165, 1.54) is 12.8 Å². The Hall–Kier alpha value is -2.15. The van der Waals surface area contributed by atoms with Crippen LogP contribution in [0.5, 0.6) is 17.2 Å². The molecule has 7 heteroatoms. The van der Waals surface area contributed by atoms with Crippen LogP contribution in [0.2, 0.25) is 0 Å².